The molecule has 2 rings (SSSR count). The maximum Gasteiger partial charge on any atom is 0.217 e. The van der Waals surface area contributed by atoms with E-state index in [0.717, 1.165) is 6.42 Å². The van der Waals surface area contributed by atoms with Gasteiger partial charge in [0.2, 0.25) is 6.29 Å². The first-order valence-corrected chi connectivity index (χ1v) is 4.18. The third-order valence-corrected chi connectivity index (χ3v) is 1.82. The maximum absolute atomic E-state index is 10.3. The molecule has 2 heterocycles. The Bertz CT molecular complexity index is 286. The van der Waals surface area contributed by atoms with Gasteiger partial charge in [0.25, 0.3) is 0 Å². The van der Waals surface area contributed by atoms with Gasteiger partial charge < -0.3 is 13.9 Å². The zero-order valence-corrected chi connectivity index (χ0v) is 7.06. The van der Waals surface area contributed by atoms with E-state index >= 15 is 0 Å². The standard InChI is InChI=1S/C9H10O4/c10-6-7-2-3-8(13-7)9-11-4-1-5-12-9/h2-3,6,9H,1,4-5H2. The van der Waals surface area contributed by atoms with E-state index in [-0.39, 0.29) is 0 Å². The predicted molar refractivity (Wildman–Crippen MR) is 43.4 cm³/mol. The summed E-state index contributed by atoms with van der Waals surface area (Å²) in [6, 6.07) is 3.30. The lowest BCUT2D eigenvalue weighted by Gasteiger charge is -2.20. The van der Waals surface area contributed by atoms with Crippen molar-refractivity contribution in [1.29, 1.82) is 0 Å². The van der Waals surface area contributed by atoms with Crippen molar-refractivity contribution < 1.29 is 18.7 Å². The molecule has 0 aliphatic carbocycles. The number of carbonyl (C=O) groups is 1. The highest BCUT2D eigenvalue weighted by molar-refractivity contribution is 5.70. The van der Waals surface area contributed by atoms with Gasteiger partial charge in [-0.15, -0.1) is 0 Å². The van der Waals surface area contributed by atoms with Crippen molar-refractivity contribution in [2.75, 3.05) is 13.2 Å². The lowest BCUT2D eigenvalue weighted by molar-refractivity contribution is -0.191. The molecule has 0 bridgehead atoms. The van der Waals surface area contributed by atoms with E-state index in [1.54, 1.807) is 12.1 Å². The summed E-state index contributed by atoms with van der Waals surface area (Å²) in [5, 5.41) is 0. The van der Waals surface area contributed by atoms with Crippen molar-refractivity contribution in [3.05, 3.63) is 23.7 Å². The van der Waals surface area contributed by atoms with E-state index in [0.29, 0.717) is 31.0 Å². The summed E-state index contributed by atoms with van der Waals surface area (Å²) in [6.07, 6.45) is 1.12. The number of aldehydes is 1. The zero-order chi connectivity index (χ0) is 9.10. The molecule has 1 fully saturated rings. The normalized spacial score (nSPS) is 18.8. The maximum atomic E-state index is 10.3. The van der Waals surface area contributed by atoms with Gasteiger partial charge in [0.15, 0.2) is 17.8 Å². The van der Waals surface area contributed by atoms with Crippen LogP contribution >= 0.6 is 0 Å². The molecule has 0 radical (unpaired) electrons. The van der Waals surface area contributed by atoms with E-state index < -0.39 is 6.29 Å². The van der Waals surface area contributed by atoms with Gasteiger partial charge in [-0.25, -0.2) is 0 Å². The van der Waals surface area contributed by atoms with Crippen LogP contribution in [-0.4, -0.2) is 19.5 Å². The number of rotatable bonds is 2. The van der Waals surface area contributed by atoms with Crippen LogP contribution in [0.4, 0.5) is 0 Å². The van der Waals surface area contributed by atoms with Crippen molar-refractivity contribution in [3.63, 3.8) is 0 Å². The van der Waals surface area contributed by atoms with E-state index in [2.05, 4.69) is 0 Å². The second-order valence-electron chi connectivity index (χ2n) is 2.79. The Balaban J connectivity index is 2.09. The van der Waals surface area contributed by atoms with Crippen LogP contribution in [0, 0.1) is 0 Å². The summed E-state index contributed by atoms with van der Waals surface area (Å²) in [6.45, 7) is 1.34. The number of ether oxygens (including phenoxy) is 2. The van der Waals surface area contributed by atoms with Gasteiger partial charge in [0.05, 0.1) is 13.2 Å². The first-order valence-electron chi connectivity index (χ1n) is 4.18. The Hall–Kier alpha value is -1.13. The molecule has 4 heteroatoms. The van der Waals surface area contributed by atoms with E-state index in [1.807, 2.05) is 0 Å². The molecule has 0 N–H and O–H groups in total. The monoisotopic (exact) mass is 182 g/mol. The lowest BCUT2D eigenvalue weighted by atomic mass is 10.4. The Labute approximate surface area is 75.4 Å². The fraction of sp³-hybridized carbons (Fsp3) is 0.444. The molecule has 0 spiro atoms. The smallest absolute Gasteiger partial charge is 0.217 e. The van der Waals surface area contributed by atoms with Crippen LogP contribution in [0.3, 0.4) is 0 Å². The highest BCUT2D eigenvalue weighted by Gasteiger charge is 2.19. The van der Waals surface area contributed by atoms with Crippen molar-refractivity contribution in [2.24, 2.45) is 0 Å². The minimum absolute atomic E-state index is 0.299. The Morgan fingerprint density at radius 1 is 1.31 bits per heavy atom. The van der Waals surface area contributed by atoms with Crippen LogP contribution in [-0.2, 0) is 9.47 Å². The molecule has 0 amide bonds. The topological polar surface area (TPSA) is 48.7 Å². The van der Waals surface area contributed by atoms with Gasteiger partial charge in [-0.3, -0.25) is 4.79 Å². The number of carbonyl (C=O) groups excluding carboxylic acids is 1. The molecular weight excluding hydrogens is 172 g/mol. The van der Waals surface area contributed by atoms with Crippen LogP contribution in [0.1, 0.15) is 29.0 Å². The molecule has 13 heavy (non-hydrogen) atoms. The predicted octanol–water partition coefficient (Wildman–Crippen LogP) is 1.53. The molecule has 1 aliphatic rings. The molecule has 1 aromatic heterocycles. The van der Waals surface area contributed by atoms with Crippen LogP contribution in [0.2, 0.25) is 0 Å². The average Bonchev–Trinajstić information content (AvgIpc) is 2.67. The molecule has 1 aliphatic heterocycles. The highest BCUT2D eigenvalue weighted by atomic mass is 16.7. The Morgan fingerprint density at radius 3 is 2.69 bits per heavy atom. The molecule has 1 saturated heterocycles. The van der Waals surface area contributed by atoms with Crippen LogP contribution in [0.25, 0.3) is 0 Å². The molecule has 0 atom stereocenters. The molecule has 0 aromatic carbocycles. The third-order valence-electron chi connectivity index (χ3n) is 1.82. The fourth-order valence-electron chi connectivity index (χ4n) is 1.21. The Morgan fingerprint density at radius 2 is 2.08 bits per heavy atom. The van der Waals surface area contributed by atoms with Gasteiger partial charge in [-0.2, -0.15) is 0 Å². The third kappa shape index (κ3) is 1.79. The summed E-state index contributed by atoms with van der Waals surface area (Å²) >= 11 is 0. The summed E-state index contributed by atoms with van der Waals surface area (Å²) in [7, 11) is 0. The van der Waals surface area contributed by atoms with Crippen LogP contribution in [0.5, 0.6) is 0 Å². The van der Waals surface area contributed by atoms with Crippen LogP contribution < -0.4 is 0 Å². The summed E-state index contributed by atoms with van der Waals surface area (Å²) in [4.78, 5) is 10.3. The SMILES string of the molecule is O=Cc1ccc(C2OCCCO2)o1. The number of hydrogen-bond acceptors (Lipinski definition) is 4. The second kappa shape index (κ2) is 3.72. The van der Waals surface area contributed by atoms with E-state index in [1.165, 1.54) is 0 Å². The molecule has 1 aromatic rings. The summed E-state index contributed by atoms with van der Waals surface area (Å²) in [5.74, 6) is 0.856. The highest BCUT2D eigenvalue weighted by Crippen LogP contribution is 2.23. The van der Waals surface area contributed by atoms with Gasteiger partial charge in [0.1, 0.15) is 0 Å². The largest absolute Gasteiger partial charge is 0.453 e. The minimum atomic E-state index is -0.442. The summed E-state index contributed by atoms with van der Waals surface area (Å²) < 4.78 is 15.7. The fourth-order valence-corrected chi connectivity index (χ4v) is 1.21. The molecular formula is C9H10O4. The Kier molecular flexibility index (Phi) is 2.42. The van der Waals surface area contributed by atoms with Crippen molar-refractivity contribution in [3.8, 4) is 0 Å². The van der Waals surface area contributed by atoms with E-state index in [9.17, 15) is 4.79 Å². The molecule has 0 unspecified atom stereocenters. The summed E-state index contributed by atoms with van der Waals surface area (Å²) in [5.41, 5.74) is 0. The van der Waals surface area contributed by atoms with Gasteiger partial charge >= 0.3 is 0 Å². The zero-order valence-electron chi connectivity index (χ0n) is 7.06. The van der Waals surface area contributed by atoms with Crippen LogP contribution in [0.15, 0.2) is 16.5 Å². The van der Waals surface area contributed by atoms with Crippen molar-refractivity contribution in [1.82, 2.24) is 0 Å². The van der Waals surface area contributed by atoms with Gasteiger partial charge in [-0.05, 0) is 18.6 Å². The first kappa shape index (κ1) is 8.47. The first-order chi connectivity index (χ1) is 6.40. The average molecular weight is 182 g/mol. The van der Waals surface area contributed by atoms with E-state index in [4.69, 9.17) is 13.9 Å². The molecule has 4 nitrogen and oxygen atoms in total. The van der Waals surface area contributed by atoms with Gasteiger partial charge in [-0.1, -0.05) is 0 Å². The quantitative estimate of drug-likeness (QED) is 0.651. The second-order valence-corrected chi connectivity index (χ2v) is 2.79. The number of hydrogen-bond donors (Lipinski definition) is 0. The van der Waals surface area contributed by atoms with Crippen molar-refractivity contribution >= 4 is 6.29 Å². The van der Waals surface area contributed by atoms with Crippen molar-refractivity contribution in [2.45, 2.75) is 12.7 Å². The minimum Gasteiger partial charge on any atom is -0.453 e. The lowest BCUT2D eigenvalue weighted by Crippen LogP contribution is -2.17. The number of furan rings is 1. The molecule has 70 valence electrons. The van der Waals surface area contributed by atoms with Gasteiger partial charge in [0, 0.05) is 0 Å². The molecule has 0 saturated carbocycles.